The number of likely N-dealkylation sites (N-methyl/N-ethyl adjacent to an activating group) is 2. The molecule has 0 aliphatic carbocycles. The average molecular weight is 259 g/mol. The van der Waals surface area contributed by atoms with Gasteiger partial charge in [-0.15, -0.1) is 0 Å². The largest absolute Gasteiger partial charge is 0.358 e. The van der Waals surface area contributed by atoms with E-state index in [4.69, 9.17) is 11.6 Å². The van der Waals surface area contributed by atoms with Crippen LogP contribution < -0.4 is 15.5 Å². The maximum atomic E-state index is 11.3. The minimum atomic E-state index is -0.116. The number of halogens is 1. The van der Waals surface area contributed by atoms with Gasteiger partial charge in [0.25, 0.3) is 0 Å². The van der Waals surface area contributed by atoms with E-state index in [2.05, 4.69) is 25.6 Å². The van der Waals surface area contributed by atoms with Gasteiger partial charge in [-0.2, -0.15) is 15.0 Å². The second-order valence-electron chi connectivity index (χ2n) is 3.17. The van der Waals surface area contributed by atoms with Crippen LogP contribution in [0.5, 0.6) is 0 Å². The highest BCUT2D eigenvalue weighted by atomic mass is 35.5. The van der Waals surface area contributed by atoms with Crippen LogP contribution in [0, 0.1) is 0 Å². The van der Waals surface area contributed by atoms with E-state index in [1.807, 2.05) is 6.92 Å². The summed E-state index contributed by atoms with van der Waals surface area (Å²) in [6.07, 6.45) is 0. The topological polar surface area (TPSA) is 83.0 Å². The Hall–Kier alpha value is -1.63. The molecule has 0 fully saturated rings. The van der Waals surface area contributed by atoms with E-state index in [9.17, 15) is 4.79 Å². The van der Waals surface area contributed by atoms with Crippen molar-refractivity contribution in [1.82, 2.24) is 20.3 Å². The Morgan fingerprint density at radius 1 is 1.35 bits per heavy atom. The Balaban J connectivity index is 2.94. The summed E-state index contributed by atoms with van der Waals surface area (Å²) in [4.78, 5) is 25.0. The van der Waals surface area contributed by atoms with Crippen molar-refractivity contribution in [2.24, 2.45) is 0 Å². The second-order valence-corrected chi connectivity index (χ2v) is 3.50. The summed E-state index contributed by atoms with van der Waals surface area (Å²) in [7, 11) is 3.26. The molecule has 0 spiro atoms. The van der Waals surface area contributed by atoms with Crippen molar-refractivity contribution < 1.29 is 4.79 Å². The fraction of sp³-hybridized carbons (Fsp3) is 0.556. The number of rotatable bonds is 5. The van der Waals surface area contributed by atoms with Crippen LogP contribution in [0.1, 0.15) is 6.92 Å². The van der Waals surface area contributed by atoms with E-state index >= 15 is 0 Å². The molecule has 1 aromatic rings. The van der Waals surface area contributed by atoms with Gasteiger partial charge in [-0.05, 0) is 18.5 Å². The van der Waals surface area contributed by atoms with Gasteiger partial charge < -0.3 is 15.5 Å². The van der Waals surface area contributed by atoms with Crippen LogP contribution in [0.15, 0.2) is 0 Å². The van der Waals surface area contributed by atoms with Crippen LogP contribution in [0.25, 0.3) is 0 Å². The minimum Gasteiger partial charge on any atom is -0.358 e. The van der Waals surface area contributed by atoms with E-state index in [-0.39, 0.29) is 17.7 Å². The Bertz CT molecular complexity index is 399. The lowest BCUT2D eigenvalue weighted by Crippen LogP contribution is -2.36. The van der Waals surface area contributed by atoms with E-state index in [0.29, 0.717) is 18.4 Å². The zero-order valence-corrected chi connectivity index (χ0v) is 10.7. The first-order valence-corrected chi connectivity index (χ1v) is 5.53. The zero-order chi connectivity index (χ0) is 12.8. The van der Waals surface area contributed by atoms with Crippen molar-refractivity contribution in [3.05, 3.63) is 5.28 Å². The molecule has 0 unspecified atom stereocenters. The summed E-state index contributed by atoms with van der Waals surface area (Å²) < 4.78 is 0. The molecular formula is C9H15ClN6O. The van der Waals surface area contributed by atoms with Crippen LogP contribution in [0.3, 0.4) is 0 Å². The molecule has 0 atom stereocenters. The molecule has 0 saturated heterocycles. The number of anilines is 2. The molecule has 7 nitrogen and oxygen atoms in total. The number of nitrogens with one attached hydrogen (secondary N) is 2. The maximum absolute atomic E-state index is 11.3. The molecule has 0 saturated carbocycles. The molecule has 2 N–H and O–H groups in total. The molecule has 0 aromatic carbocycles. The summed E-state index contributed by atoms with van der Waals surface area (Å²) in [6.45, 7) is 2.67. The van der Waals surface area contributed by atoms with Crippen molar-refractivity contribution in [3.63, 3.8) is 0 Å². The van der Waals surface area contributed by atoms with Gasteiger partial charge in [-0.3, -0.25) is 4.79 Å². The number of aromatic nitrogens is 3. The Morgan fingerprint density at radius 3 is 2.59 bits per heavy atom. The predicted octanol–water partition coefficient (Wildman–Crippen LogP) is 0.139. The van der Waals surface area contributed by atoms with Gasteiger partial charge >= 0.3 is 0 Å². The lowest BCUT2D eigenvalue weighted by Gasteiger charge is -2.19. The number of carbonyl (C=O) groups excluding carboxylic acids is 1. The summed E-state index contributed by atoms with van der Waals surface area (Å²) in [5.74, 6) is 0.630. The van der Waals surface area contributed by atoms with Gasteiger partial charge in [-0.25, -0.2) is 0 Å². The Morgan fingerprint density at radius 2 is 2.06 bits per heavy atom. The summed E-state index contributed by atoms with van der Waals surface area (Å²) in [5, 5.41) is 5.42. The Kier molecular flexibility index (Phi) is 4.89. The van der Waals surface area contributed by atoms with Gasteiger partial charge in [-0.1, -0.05) is 0 Å². The number of carbonyl (C=O) groups is 1. The molecule has 0 aliphatic heterocycles. The van der Waals surface area contributed by atoms with Crippen LogP contribution in [-0.2, 0) is 4.79 Å². The summed E-state index contributed by atoms with van der Waals surface area (Å²) in [6, 6.07) is 0. The number of nitrogens with zero attached hydrogens (tertiary/aromatic N) is 4. The van der Waals surface area contributed by atoms with Gasteiger partial charge in [0, 0.05) is 20.6 Å². The molecule has 0 aliphatic rings. The van der Waals surface area contributed by atoms with Gasteiger partial charge in [0.15, 0.2) is 0 Å². The van der Waals surface area contributed by atoms with E-state index in [1.165, 1.54) is 0 Å². The third-order valence-electron chi connectivity index (χ3n) is 2.10. The quantitative estimate of drug-likeness (QED) is 0.782. The van der Waals surface area contributed by atoms with E-state index < -0.39 is 0 Å². The molecule has 1 rings (SSSR count). The van der Waals surface area contributed by atoms with Gasteiger partial charge in [0.2, 0.25) is 23.1 Å². The van der Waals surface area contributed by atoms with Gasteiger partial charge in [0.1, 0.15) is 0 Å². The third kappa shape index (κ3) is 3.70. The average Bonchev–Trinajstić information content (AvgIpc) is 2.34. The highest BCUT2D eigenvalue weighted by Crippen LogP contribution is 2.12. The minimum absolute atomic E-state index is 0.0923. The second kappa shape index (κ2) is 6.19. The molecule has 8 heteroatoms. The normalized spacial score (nSPS) is 9.88. The number of hydrogen-bond acceptors (Lipinski definition) is 6. The van der Waals surface area contributed by atoms with Crippen molar-refractivity contribution in [1.29, 1.82) is 0 Å². The maximum Gasteiger partial charge on any atom is 0.239 e. The molecule has 0 bridgehead atoms. The van der Waals surface area contributed by atoms with Crippen LogP contribution in [-0.4, -0.2) is 48.0 Å². The first-order chi connectivity index (χ1) is 8.10. The van der Waals surface area contributed by atoms with Crippen molar-refractivity contribution in [2.45, 2.75) is 6.92 Å². The molecule has 1 aromatic heterocycles. The monoisotopic (exact) mass is 258 g/mol. The molecule has 1 heterocycles. The van der Waals surface area contributed by atoms with Crippen molar-refractivity contribution in [2.75, 3.05) is 37.4 Å². The van der Waals surface area contributed by atoms with Crippen molar-refractivity contribution in [3.8, 4) is 0 Å². The smallest absolute Gasteiger partial charge is 0.239 e. The fourth-order valence-electron chi connectivity index (χ4n) is 1.17. The van der Waals surface area contributed by atoms with Crippen LogP contribution in [0.2, 0.25) is 5.28 Å². The molecule has 0 radical (unpaired) electrons. The lowest BCUT2D eigenvalue weighted by atomic mass is 10.5. The lowest BCUT2D eigenvalue weighted by molar-refractivity contribution is -0.119. The molecular weight excluding hydrogens is 244 g/mol. The number of amides is 1. The van der Waals surface area contributed by atoms with Crippen molar-refractivity contribution >= 4 is 29.4 Å². The zero-order valence-electron chi connectivity index (χ0n) is 9.99. The SMILES string of the molecule is CCN(CC(=O)NC)c1nc(Cl)nc(NC)n1. The first-order valence-electron chi connectivity index (χ1n) is 5.15. The van der Waals surface area contributed by atoms with E-state index in [0.717, 1.165) is 0 Å². The van der Waals surface area contributed by atoms with Gasteiger partial charge in [0.05, 0.1) is 6.54 Å². The summed E-state index contributed by atoms with van der Waals surface area (Å²) >= 11 is 5.77. The highest BCUT2D eigenvalue weighted by Gasteiger charge is 2.13. The standard InChI is InChI=1S/C9H15ClN6O/c1-4-16(5-6(17)11-2)9-14-7(10)13-8(12-3)15-9/h4-5H2,1-3H3,(H,11,17)(H,12,13,14,15). The number of hydrogen-bond donors (Lipinski definition) is 2. The van der Waals surface area contributed by atoms with Crippen LogP contribution in [0.4, 0.5) is 11.9 Å². The third-order valence-corrected chi connectivity index (χ3v) is 2.27. The fourth-order valence-corrected chi connectivity index (χ4v) is 1.32. The molecule has 1 amide bonds. The Labute approximate surface area is 105 Å². The molecule has 94 valence electrons. The molecule has 17 heavy (non-hydrogen) atoms. The van der Waals surface area contributed by atoms with E-state index in [1.54, 1.807) is 19.0 Å². The summed E-state index contributed by atoms with van der Waals surface area (Å²) in [5.41, 5.74) is 0. The van der Waals surface area contributed by atoms with Crippen LogP contribution >= 0.6 is 11.6 Å². The highest BCUT2D eigenvalue weighted by molar-refractivity contribution is 6.28. The predicted molar refractivity (Wildman–Crippen MR) is 66.3 cm³/mol. The first kappa shape index (κ1) is 13.4.